The summed E-state index contributed by atoms with van der Waals surface area (Å²) in [5, 5.41) is 0. The van der Waals surface area contributed by atoms with Gasteiger partial charge in [-0.15, -0.1) is 0 Å². The molecule has 0 spiro atoms. The van der Waals surface area contributed by atoms with E-state index in [0.29, 0.717) is 0 Å². The minimum atomic E-state index is 0.0218. The second-order valence-corrected chi connectivity index (χ2v) is 8.16. The fraction of sp³-hybridized carbons (Fsp3) is 0.333. The lowest BCUT2D eigenvalue weighted by atomic mass is 9.81. The number of rotatable bonds is 1. The molecule has 0 saturated heterocycles. The monoisotopic (exact) mass is 343 g/mol. The number of aryl methyl sites for hydroxylation is 3. The van der Waals surface area contributed by atoms with E-state index >= 15 is 0 Å². The molecule has 0 bridgehead atoms. The molecule has 1 aliphatic carbocycles. The Labute approximate surface area is 156 Å². The highest BCUT2D eigenvalue weighted by Gasteiger charge is 2.36. The number of aromatic nitrogens is 2. The van der Waals surface area contributed by atoms with E-state index in [1.807, 2.05) is 0 Å². The maximum Gasteiger partial charge on any atom is 0.234 e. The zero-order chi connectivity index (χ0) is 18.8. The summed E-state index contributed by atoms with van der Waals surface area (Å²) < 4.78 is 2.29. The average Bonchev–Trinajstić information content (AvgIpc) is 2.81. The maximum absolute atomic E-state index is 4.80. The van der Waals surface area contributed by atoms with E-state index in [4.69, 9.17) is 4.98 Å². The van der Waals surface area contributed by atoms with Crippen molar-refractivity contribution >= 4 is 0 Å². The minimum Gasteiger partial charge on any atom is -0.245 e. The summed E-state index contributed by atoms with van der Waals surface area (Å²) in [6.45, 7) is 13.2. The van der Waals surface area contributed by atoms with Gasteiger partial charge in [0.2, 0.25) is 5.69 Å². The molecule has 0 radical (unpaired) electrons. The van der Waals surface area contributed by atoms with Gasteiger partial charge in [-0.05, 0) is 54.7 Å². The van der Waals surface area contributed by atoms with Gasteiger partial charge in [0.15, 0.2) is 5.69 Å². The first-order valence-corrected chi connectivity index (χ1v) is 9.32. The quantitative estimate of drug-likeness (QED) is 0.561. The highest BCUT2D eigenvalue weighted by Crippen LogP contribution is 2.50. The molecule has 3 aromatic rings. The van der Waals surface area contributed by atoms with Gasteiger partial charge in [-0.3, -0.25) is 0 Å². The van der Waals surface area contributed by atoms with Crippen molar-refractivity contribution in [1.82, 2.24) is 4.98 Å². The number of nitrogens with zero attached hydrogens (tertiary/aromatic N) is 2. The van der Waals surface area contributed by atoms with E-state index in [2.05, 4.69) is 89.6 Å². The molecule has 26 heavy (non-hydrogen) atoms. The van der Waals surface area contributed by atoms with E-state index in [9.17, 15) is 0 Å². The summed E-state index contributed by atoms with van der Waals surface area (Å²) in [6, 6.07) is 13.6. The third-order valence-electron chi connectivity index (χ3n) is 6.22. The average molecular weight is 343 g/mol. The summed E-state index contributed by atoms with van der Waals surface area (Å²) in [6.07, 6.45) is 0. The third kappa shape index (κ3) is 2.18. The van der Waals surface area contributed by atoms with Crippen molar-refractivity contribution in [3.63, 3.8) is 0 Å². The van der Waals surface area contributed by atoms with Gasteiger partial charge < -0.3 is 0 Å². The Hall–Kier alpha value is -2.48. The molecule has 1 aromatic heterocycles. The first kappa shape index (κ1) is 17.0. The van der Waals surface area contributed by atoms with Gasteiger partial charge in [0.1, 0.15) is 18.4 Å². The van der Waals surface area contributed by atoms with E-state index in [0.717, 1.165) is 11.4 Å². The molecule has 2 heteroatoms. The molecule has 0 saturated carbocycles. The number of hydrogen-bond donors (Lipinski definition) is 0. The Balaban J connectivity index is 2.03. The van der Waals surface area contributed by atoms with Gasteiger partial charge in [0.05, 0.1) is 5.56 Å². The predicted molar refractivity (Wildman–Crippen MR) is 107 cm³/mol. The SMILES string of the molecule is Cc1cc2c(cc1-c1c(C)nc(C)c(C)[n+]1C)C(C)(C)c1ccccc1-2. The highest BCUT2D eigenvalue weighted by atomic mass is 15.0. The largest absolute Gasteiger partial charge is 0.245 e. The molecule has 2 aromatic carbocycles. The number of fused-ring (bicyclic) bond motifs is 3. The molecule has 2 nitrogen and oxygen atoms in total. The summed E-state index contributed by atoms with van der Waals surface area (Å²) in [7, 11) is 2.15. The van der Waals surface area contributed by atoms with E-state index < -0.39 is 0 Å². The van der Waals surface area contributed by atoms with Gasteiger partial charge in [0.25, 0.3) is 0 Å². The molecular formula is C24H27N2+. The van der Waals surface area contributed by atoms with Crippen molar-refractivity contribution in [1.29, 1.82) is 0 Å². The third-order valence-corrected chi connectivity index (χ3v) is 6.22. The molecule has 0 N–H and O–H groups in total. The molecular weight excluding hydrogens is 316 g/mol. The van der Waals surface area contributed by atoms with Crippen LogP contribution in [0.3, 0.4) is 0 Å². The molecule has 1 heterocycles. The van der Waals surface area contributed by atoms with Gasteiger partial charge in [0, 0.05) is 12.3 Å². The Kier molecular flexibility index (Phi) is 3.59. The van der Waals surface area contributed by atoms with Crippen LogP contribution in [0.25, 0.3) is 22.4 Å². The highest BCUT2D eigenvalue weighted by molar-refractivity contribution is 5.84. The molecule has 0 amide bonds. The lowest BCUT2D eigenvalue weighted by molar-refractivity contribution is -0.667. The van der Waals surface area contributed by atoms with Gasteiger partial charge >= 0.3 is 0 Å². The van der Waals surface area contributed by atoms with Crippen LogP contribution in [0.4, 0.5) is 0 Å². The zero-order valence-corrected chi connectivity index (χ0v) is 16.9. The van der Waals surface area contributed by atoms with Crippen LogP contribution in [0.15, 0.2) is 36.4 Å². The summed E-state index contributed by atoms with van der Waals surface area (Å²) in [4.78, 5) is 4.80. The maximum atomic E-state index is 4.80. The molecule has 0 fully saturated rings. The normalized spacial score (nSPS) is 14.3. The first-order valence-electron chi connectivity index (χ1n) is 9.32. The second kappa shape index (κ2) is 5.51. The molecule has 0 unspecified atom stereocenters. The Morgan fingerprint density at radius 2 is 1.50 bits per heavy atom. The zero-order valence-electron chi connectivity index (χ0n) is 16.9. The molecule has 1 aliphatic rings. The fourth-order valence-electron chi connectivity index (χ4n) is 4.53. The van der Waals surface area contributed by atoms with Crippen LogP contribution in [-0.4, -0.2) is 4.98 Å². The Bertz CT molecular complexity index is 1060. The van der Waals surface area contributed by atoms with Crippen LogP contribution in [0, 0.1) is 27.7 Å². The molecule has 4 rings (SSSR count). The Morgan fingerprint density at radius 3 is 2.23 bits per heavy atom. The summed E-state index contributed by atoms with van der Waals surface area (Å²) >= 11 is 0. The van der Waals surface area contributed by atoms with Crippen molar-refractivity contribution in [3.05, 3.63) is 70.2 Å². The van der Waals surface area contributed by atoms with E-state index in [1.165, 1.54) is 44.8 Å². The van der Waals surface area contributed by atoms with Crippen LogP contribution < -0.4 is 4.57 Å². The summed E-state index contributed by atoms with van der Waals surface area (Å²) in [5.41, 5.74) is 12.8. The summed E-state index contributed by atoms with van der Waals surface area (Å²) in [5.74, 6) is 0. The van der Waals surface area contributed by atoms with E-state index in [-0.39, 0.29) is 5.41 Å². The van der Waals surface area contributed by atoms with Gasteiger partial charge in [-0.2, -0.15) is 4.57 Å². The van der Waals surface area contributed by atoms with E-state index in [1.54, 1.807) is 0 Å². The fourth-order valence-corrected chi connectivity index (χ4v) is 4.53. The van der Waals surface area contributed by atoms with Crippen LogP contribution in [0.5, 0.6) is 0 Å². The Morgan fingerprint density at radius 1 is 0.808 bits per heavy atom. The van der Waals surface area contributed by atoms with Crippen LogP contribution in [-0.2, 0) is 12.5 Å². The lowest BCUT2D eigenvalue weighted by Crippen LogP contribution is -2.37. The molecule has 0 aliphatic heterocycles. The van der Waals surface area contributed by atoms with Crippen molar-refractivity contribution in [3.8, 4) is 22.4 Å². The number of hydrogen-bond acceptors (Lipinski definition) is 1. The van der Waals surface area contributed by atoms with Gasteiger partial charge in [-0.25, -0.2) is 4.98 Å². The van der Waals surface area contributed by atoms with Gasteiger partial charge in [-0.1, -0.05) is 44.2 Å². The van der Waals surface area contributed by atoms with Crippen LogP contribution >= 0.6 is 0 Å². The number of benzene rings is 2. The lowest BCUT2D eigenvalue weighted by Gasteiger charge is -2.22. The smallest absolute Gasteiger partial charge is 0.234 e. The van der Waals surface area contributed by atoms with Crippen molar-refractivity contribution in [2.24, 2.45) is 7.05 Å². The molecule has 132 valence electrons. The first-order chi connectivity index (χ1) is 12.2. The van der Waals surface area contributed by atoms with Crippen molar-refractivity contribution < 1.29 is 4.57 Å². The van der Waals surface area contributed by atoms with Crippen LogP contribution in [0.1, 0.15) is 47.6 Å². The minimum absolute atomic E-state index is 0.0218. The molecule has 0 atom stereocenters. The topological polar surface area (TPSA) is 16.8 Å². The predicted octanol–water partition coefficient (Wildman–Crippen LogP) is 5.11. The standard InChI is InChI=1S/C24H27N2/c1-14-12-20-18-10-8-9-11-21(18)24(5,6)22(20)13-19(14)23-16(3)25-15(2)17(4)26(23)7/h8-13H,1-7H3/q+1. The van der Waals surface area contributed by atoms with Crippen molar-refractivity contribution in [2.45, 2.75) is 47.0 Å². The van der Waals surface area contributed by atoms with Crippen molar-refractivity contribution in [2.75, 3.05) is 0 Å². The second-order valence-electron chi connectivity index (χ2n) is 8.16. The van der Waals surface area contributed by atoms with Crippen LogP contribution in [0.2, 0.25) is 0 Å².